The molecule has 0 aromatic heterocycles. The highest BCUT2D eigenvalue weighted by Gasteiger charge is 2.31. The first-order chi connectivity index (χ1) is 17.4. The fraction of sp³-hybridized carbons (Fsp3) is 1.00. The molecule has 4 heteroatoms. The highest BCUT2D eigenvalue weighted by atomic mass is 36.1. The first kappa shape index (κ1) is 37.3. The van der Waals surface area contributed by atoms with E-state index in [-0.39, 0.29) is 0 Å². The fourth-order valence-corrected chi connectivity index (χ4v) is 7.57. The second-order valence-corrected chi connectivity index (χ2v) is 20.1. The Labute approximate surface area is 243 Å². The lowest BCUT2D eigenvalue weighted by Crippen LogP contribution is -2.21. The molecule has 0 aliphatic heterocycles. The van der Waals surface area contributed by atoms with Gasteiger partial charge in [-0.2, -0.15) is 0 Å². The van der Waals surface area contributed by atoms with Gasteiger partial charge in [-0.1, -0.05) is 156 Å². The zero-order chi connectivity index (χ0) is 26.8. The van der Waals surface area contributed by atoms with Gasteiger partial charge in [-0.05, 0) is 43.9 Å². The minimum Gasteiger partial charge on any atom is -0.0654 e. The molecule has 0 N–H and O–H groups in total. The summed E-state index contributed by atoms with van der Waals surface area (Å²) in [6.07, 6.45) is 39.0. The van der Waals surface area contributed by atoms with Crippen LogP contribution in [-0.4, -0.2) is 6.16 Å². The van der Waals surface area contributed by atoms with Crippen LogP contribution in [0.15, 0.2) is 0 Å². The predicted octanol–water partition coefficient (Wildman–Crippen LogP) is 15.0. The van der Waals surface area contributed by atoms with Crippen LogP contribution in [0.2, 0.25) is 0 Å². The van der Waals surface area contributed by atoms with Gasteiger partial charge in [-0.25, -0.2) is 0 Å². The molecule has 0 rings (SSSR count). The first-order valence-electron chi connectivity index (χ1n) is 16.4. The number of rotatable bonds is 29. The molecule has 0 unspecified atom stereocenters. The van der Waals surface area contributed by atoms with Crippen molar-refractivity contribution in [3.63, 3.8) is 0 Å². The topological polar surface area (TPSA) is 0 Å². The number of halogens is 3. The Morgan fingerprint density at radius 2 is 0.611 bits per heavy atom. The molecule has 0 amide bonds. The van der Waals surface area contributed by atoms with E-state index in [1.807, 2.05) is 0 Å². The van der Waals surface area contributed by atoms with Crippen LogP contribution < -0.4 is 0 Å². The Kier molecular flexibility index (Phi) is 27.5. The molecule has 0 spiro atoms. The lowest BCUT2D eigenvalue weighted by atomic mass is 9.70. The molecule has 0 atom stereocenters. The van der Waals surface area contributed by atoms with Crippen LogP contribution in [0.1, 0.15) is 194 Å². The summed E-state index contributed by atoms with van der Waals surface area (Å²) >= 11 is 17.8. The molecule has 218 valence electrons. The maximum absolute atomic E-state index is 5.93. The van der Waals surface area contributed by atoms with Gasteiger partial charge in [0, 0.05) is 0 Å². The van der Waals surface area contributed by atoms with Gasteiger partial charge in [0.25, 0.3) is 0 Å². The smallest absolute Gasteiger partial charge is 0.0654 e. The standard InChI is InChI=1S/C32H65Cl3P/c1-4-7-10-22-27-32(28-23-11-8-5-2,29-24-12-9-6-3)30-25-20-18-16-14-13-15-17-19-21-26-31-36(33,34)35/h4-31H2,1-3H3/q+1. The van der Waals surface area contributed by atoms with Crippen LogP contribution in [0.3, 0.4) is 0 Å². The Morgan fingerprint density at radius 3 is 0.889 bits per heavy atom. The van der Waals surface area contributed by atoms with E-state index < -0.39 is 5.32 Å². The van der Waals surface area contributed by atoms with Gasteiger partial charge in [0.05, 0.1) is 0 Å². The van der Waals surface area contributed by atoms with E-state index in [2.05, 4.69) is 20.8 Å². The molecule has 0 radical (unpaired) electrons. The summed E-state index contributed by atoms with van der Waals surface area (Å²) in [6.45, 7) is 7.04. The molecule has 0 heterocycles. The summed E-state index contributed by atoms with van der Waals surface area (Å²) in [6, 6.07) is 0. The van der Waals surface area contributed by atoms with Crippen LogP contribution in [0.5, 0.6) is 0 Å². The van der Waals surface area contributed by atoms with Gasteiger partial charge >= 0.3 is 5.32 Å². The summed E-state index contributed by atoms with van der Waals surface area (Å²) in [7, 11) is 0. The second-order valence-electron chi connectivity index (χ2n) is 11.8. The van der Waals surface area contributed by atoms with Gasteiger partial charge in [0.2, 0.25) is 0 Å². The Morgan fingerprint density at radius 1 is 0.361 bits per heavy atom. The van der Waals surface area contributed by atoms with Crippen molar-refractivity contribution in [1.82, 2.24) is 0 Å². The molecule has 0 aromatic carbocycles. The third-order valence-corrected chi connectivity index (χ3v) is 10.6. The molecule has 0 aromatic rings. The average molecular weight is 587 g/mol. The number of hydrogen-bond acceptors (Lipinski definition) is 0. The zero-order valence-electron chi connectivity index (χ0n) is 24.9. The summed E-state index contributed by atoms with van der Waals surface area (Å²) in [5, 5.41) is -2.12. The van der Waals surface area contributed by atoms with Gasteiger partial charge in [-0.15, -0.1) is 0 Å². The van der Waals surface area contributed by atoms with E-state index in [4.69, 9.17) is 33.7 Å². The number of hydrogen-bond donors (Lipinski definition) is 0. The molecule has 0 saturated heterocycles. The maximum Gasteiger partial charge on any atom is 0.307 e. The second kappa shape index (κ2) is 26.5. The molecule has 0 aliphatic carbocycles. The van der Waals surface area contributed by atoms with Crippen LogP contribution in [0.4, 0.5) is 0 Å². The Bertz CT molecular complexity index is 404. The molecule has 0 aliphatic rings. The lowest BCUT2D eigenvalue weighted by Gasteiger charge is -2.35. The monoisotopic (exact) mass is 585 g/mol. The molecule has 0 bridgehead atoms. The third-order valence-electron chi connectivity index (χ3n) is 8.30. The molecular weight excluding hydrogens is 522 g/mol. The van der Waals surface area contributed by atoms with Gasteiger partial charge in [0.1, 0.15) is 39.9 Å². The summed E-state index contributed by atoms with van der Waals surface area (Å²) in [4.78, 5) is 0. The SMILES string of the molecule is CCCCCCC(CCCCCC)(CCCCCC)CCCCCCCCCCCCC[P+](Cl)(Cl)Cl. The van der Waals surface area contributed by atoms with Crippen LogP contribution in [0.25, 0.3) is 0 Å². The minimum absolute atomic E-state index is 0.660. The van der Waals surface area contributed by atoms with Crippen molar-refractivity contribution in [2.75, 3.05) is 6.16 Å². The van der Waals surface area contributed by atoms with E-state index in [9.17, 15) is 0 Å². The molecular formula is C32H65Cl3P+. The maximum atomic E-state index is 5.93. The van der Waals surface area contributed by atoms with Crippen molar-refractivity contribution in [2.24, 2.45) is 5.41 Å². The van der Waals surface area contributed by atoms with Crippen molar-refractivity contribution < 1.29 is 0 Å². The molecule has 0 saturated carbocycles. The highest BCUT2D eigenvalue weighted by Crippen LogP contribution is 2.74. The zero-order valence-corrected chi connectivity index (χ0v) is 28.0. The van der Waals surface area contributed by atoms with Gasteiger partial charge < -0.3 is 0 Å². The van der Waals surface area contributed by atoms with Crippen molar-refractivity contribution in [3.05, 3.63) is 0 Å². The predicted molar refractivity (Wildman–Crippen MR) is 173 cm³/mol. The van der Waals surface area contributed by atoms with Crippen LogP contribution in [-0.2, 0) is 0 Å². The van der Waals surface area contributed by atoms with Crippen molar-refractivity contribution in [2.45, 2.75) is 194 Å². The molecule has 0 nitrogen and oxygen atoms in total. The van der Waals surface area contributed by atoms with E-state index >= 15 is 0 Å². The lowest BCUT2D eigenvalue weighted by molar-refractivity contribution is 0.172. The Balaban J connectivity index is 4.24. The normalized spacial score (nSPS) is 12.5. The van der Waals surface area contributed by atoms with Crippen LogP contribution >= 0.6 is 39.0 Å². The molecule has 0 fully saturated rings. The van der Waals surface area contributed by atoms with Gasteiger partial charge in [-0.3, -0.25) is 0 Å². The number of unbranched alkanes of at least 4 members (excludes halogenated alkanes) is 19. The summed E-state index contributed by atoms with van der Waals surface area (Å²) < 4.78 is 0. The average Bonchev–Trinajstić information content (AvgIpc) is 2.84. The quantitative estimate of drug-likeness (QED) is 0.0604. The largest absolute Gasteiger partial charge is 0.307 e. The van der Waals surface area contributed by atoms with E-state index in [1.54, 1.807) is 0 Å². The van der Waals surface area contributed by atoms with E-state index in [0.717, 1.165) is 12.6 Å². The summed E-state index contributed by atoms with van der Waals surface area (Å²) in [5.74, 6) is 0. The highest BCUT2D eigenvalue weighted by molar-refractivity contribution is 8.32. The summed E-state index contributed by atoms with van der Waals surface area (Å²) in [5.41, 5.74) is 0.660. The van der Waals surface area contributed by atoms with Crippen LogP contribution in [0, 0.1) is 5.41 Å². The Hall–Kier alpha value is 1.30. The van der Waals surface area contributed by atoms with Gasteiger partial charge in [0.15, 0.2) is 0 Å². The van der Waals surface area contributed by atoms with Crippen molar-refractivity contribution in [1.29, 1.82) is 0 Å². The minimum atomic E-state index is -2.12. The third kappa shape index (κ3) is 25.6. The fourth-order valence-electron chi connectivity index (χ4n) is 5.91. The van der Waals surface area contributed by atoms with Crippen molar-refractivity contribution in [3.8, 4) is 0 Å². The van der Waals surface area contributed by atoms with E-state index in [1.165, 1.54) is 167 Å². The first-order valence-corrected chi connectivity index (χ1v) is 21.0. The molecule has 36 heavy (non-hydrogen) atoms. The van der Waals surface area contributed by atoms with E-state index in [0.29, 0.717) is 5.41 Å². The van der Waals surface area contributed by atoms with Crippen molar-refractivity contribution >= 4 is 39.0 Å².